The number of amides is 1. The number of nitrogens with zero attached hydrogens (tertiary/aromatic N) is 8. The van der Waals surface area contributed by atoms with Crippen LogP contribution in [0.3, 0.4) is 0 Å². The lowest BCUT2D eigenvalue weighted by molar-refractivity contribution is 0.0371. The fourth-order valence-corrected chi connectivity index (χ4v) is 6.99. The van der Waals surface area contributed by atoms with Gasteiger partial charge in [0.05, 0.1) is 18.3 Å². The number of aromatic nitrogens is 4. The van der Waals surface area contributed by atoms with Crippen LogP contribution in [0.25, 0.3) is 16.1 Å². The molecule has 5 rings (SSSR count). The van der Waals surface area contributed by atoms with Crippen molar-refractivity contribution in [3.8, 4) is 11.3 Å². The molecule has 3 aliphatic rings. The Balaban J connectivity index is 1.39. The Kier molecular flexibility index (Phi) is 6.15. The molecule has 1 spiro atoms. The number of carbonyl (C=O) groups excluding carboxylic acids is 1. The van der Waals surface area contributed by atoms with Gasteiger partial charge in [-0.25, -0.2) is 9.78 Å². The molecule has 0 radical (unpaired) electrons. The van der Waals surface area contributed by atoms with Crippen molar-refractivity contribution < 1.29 is 17.9 Å². The summed E-state index contributed by atoms with van der Waals surface area (Å²) in [6.07, 6.45) is 7.28. The van der Waals surface area contributed by atoms with Crippen LogP contribution in [-0.2, 0) is 22.0 Å². The molecule has 2 aromatic heterocycles. The van der Waals surface area contributed by atoms with E-state index >= 15 is 0 Å². The van der Waals surface area contributed by atoms with Gasteiger partial charge in [0.1, 0.15) is 11.3 Å². The second-order valence-electron chi connectivity index (χ2n) is 11.1. The minimum atomic E-state index is -3.99. The number of piperidine rings is 1. The van der Waals surface area contributed by atoms with Crippen molar-refractivity contribution in [3.63, 3.8) is 0 Å². The van der Waals surface area contributed by atoms with E-state index in [9.17, 15) is 13.2 Å². The van der Waals surface area contributed by atoms with E-state index < -0.39 is 27.4 Å². The van der Waals surface area contributed by atoms with Gasteiger partial charge in [0.2, 0.25) is 0 Å². The lowest BCUT2D eigenvalue weighted by atomic mass is 9.87. The molecule has 0 atom stereocenters. The van der Waals surface area contributed by atoms with E-state index in [1.54, 1.807) is 55.4 Å². The van der Waals surface area contributed by atoms with Gasteiger partial charge < -0.3 is 14.5 Å². The first-order valence-corrected chi connectivity index (χ1v) is 13.8. The summed E-state index contributed by atoms with van der Waals surface area (Å²) in [6, 6.07) is 0. The van der Waals surface area contributed by atoms with E-state index in [4.69, 9.17) is 16.3 Å². The largest absolute Gasteiger partial charge is 0.443 e. The molecule has 0 unspecified atom stereocenters. The van der Waals surface area contributed by atoms with Gasteiger partial charge in [-0.1, -0.05) is 6.57 Å². The van der Waals surface area contributed by atoms with E-state index in [1.807, 2.05) is 0 Å². The average Bonchev–Trinajstić information content (AvgIpc) is 3.52. The Morgan fingerprint density at radius 2 is 1.95 bits per heavy atom. The van der Waals surface area contributed by atoms with Gasteiger partial charge in [0.25, 0.3) is 5.82 Å². The van der Waals surface area contributed by atoms with Gasteiger partial charge in [0, 0.05) is 38.4 Å². The van der Waals surface area contributed by atoms with Crippen LogP contribution >= 0.6 is 0 Å². The topological polar surface area (TPSA) is 118 Å². The fourth-order valence-electron chi connectivity index (χ4n) is 4.99. The van der Waals surface area contributed by atoms with Gasteiger partial charge in [-0.3, -0.25) is 4.68 Å². The number of anilines is 1. The monoisotopic (exact) mass is 528 g/mol. The molecular formula is C24H32N8O4S. The third-order valence-electron chi connectivity index (χ3n) is 7.08. The maximum absolute atomic E-state index is 13.6. The zero-order valence-electron chi connectivity index (χ0n) is 21.6. The minimum Gasteiger partial charge on any atom is -0.443 e. The molecule has 2 saturated heterocycles. The Morgan fingerprint density at radius 3 is 2.51 bits per heavy atom. The fraction of sp³-hybridized carbons (Fsp3) is 0.625. The lowest BCUT2D eigenvalue weighted by Gasteiger charge is -2.42. The molecule has 0 N–H and O–H groups in total. The number of hydrogen-bond donors (Lipinski definition) is 0. The van der Waals surface area contributed by atoms with Gasteiger partial charge in [-0.15, -0.1) is 4.98 Å². The zero-order valence-corrected chi connectivity index (χ0v) is 22.4. The first kappa shape index (κ1) is 25.4. The number of carbonyl (C=O) groups is 1. The molecule has 4 heterocycles. The maximum atomic E-state index is 13.6. The van der Waals surface area contributed by atoms with Crippen molar-refractivity contribution in [3.05, 3.63) is 30.0 Å². The van der Waals surface area contributed by atoms with E-state index in [1.165, 1.54) is 0 Å². The molecule has 3 fully saturated rings. The highest BCUT2D eigenvalue weighted by atomic mass is 32.2. The Morgan fingerprint density at radius 1 is 1.24 bits per heavy atom. The molecular weight excluding hydrogens is 496 g/mol. The van der Waals surface area contributed by atoms with Gasteiger partial charge in [-0.05, 0) is 52.4 Å². The summed E-state index contributed by atoms with van der Waals surface area (Å²) in [5.41, 5.74) is -0.308. The maximum Gasteiger partial charge on any atom is 0.425 e. The normalized spacial score (nSPS) is 21.3. The summed E-state index contributed by atoms with van der Waals surface area (Å²) < 4.78 is 36.7. The first-order valence-electron chi connectivity index (χ1n) is 12.4. The quantitative estimate of drug-likeness (QED) is 0.556. The minimum absolute atomic E-state index is 0.0775. The number of hydrogen-bond acceptors (Lipinski definition) is 8. The number of aryl methyl sites for hydroxylation is 1. The Labute approximate surface area is 217 Å². The third-order valence-corrected chi connectivity index (χ3v) is 9.01. The predicted octanol–water partition coefficient (Wildman–Crippen LogP) is 2.97. The summed E-state index contributed by atoms with van der Waals surface area (Å²) in [4.78, 5) is 27.5. The molecule has 37 heavy (non-hydrogen) atoms. The predicted molar refractivity (Wildman–Crippen MR) is 136 cm³/mol. The number of rotatable bonds is 4. The summed E-state index contributed by atoms with van der Waals surface area (Å²) in [7, 11) is -2.19. The van der Waals surface area contributed by atoms with Crippen LogP contribution < -0.4 is 4.90 Å². The van der Waals surface area contributed by atoms with E-state index in [-0.39, 0.29) is 12.4 Å². The molecule has 12 nitrogen and oxygen atoms in total. The second-order valence-corrected chi connectivity index (χ2v) is 12.9. The van der Waals surface area contributed by atoms with Crippen molar-refractivity contribution in [2.75, 3.05) is 31.1 Å². The van der Waals surface area contributed by atoms with E-state index in [2.05, 4.69) is 19.8 Å². The smallest absolute Gasteiger partial charge is 0.425 e. The second kappa shape index (κ2) is 8.95. The summed E-state index contributed by atoms with van der Waals surface area (Å²) in [5.74, 6) is 1.16. The van der Waals surface area contributed by atoms with Gasteiger partial charge in [0.15, 0.2) is 12.0 Å². The molecule has 1 amide bonds. The molecule has 0 bridgehead atoms. The summed E-state index contributed by atoms with van der Waals surface area (Å²) in [5, 5.41) is 4.18. The van der Waals surface area contributed by atoms with Gasteiger partial charge in [-0.2, -0.15) is 22.1 Å². The highest BCUT2D eigenvalue weighted by molar-refractivity contribution is 7.87. The summed E-state index contributed by atoms with van der Waals surface area (Å²) >= 11 is 0. The summed E-state index contributed by atoms with van der Waals surface area (Å²) in [6.45, 7) is 14.2. The SMILES string of the molecule is [C-]#[N+]c1ncc(N2CCC3(CC2)CN(C(=O)OC(C)(C)C)S(=O)(=O)N3CC2CC2)nc1-c1cnn(C)c1. The highest BCUT2D eigenvalue weighted by Crippen LogP contribution is 2.44. The molecule has 2 aromatic rings. The van der Waals surface area contributed by atoms with Crippen LogP contribution in [0, 0.1) is 12.5 Å². The Hall–Kier alpha value is -3.24. The molecule has 0 aromatic carbocycles. The molecule has 1 aliphatic carbocycles. The number of ether oxygens (including phenoxy) is 1. The molecule has 2 aliphatic heterocycles. The van der Waals surface area contributed by atoms with Crippen LogP contribution in [0.2, 0.25) is 0 Å². The zero-order chi connectivity index (χ0) is 26.6. The van der Waals surface area contributed by atoms with Crippen molar-refractivity contribution in [1.29, 1.82) is 0 Å². The molecule has 198 valence electrons. The van der Waals surface area contributed by atoms with Crippen LogP contribution in [0.4, 0.5) is 16.4 Å². The van der Waals surface area contributed by atoms with Crippen LogP contribution in [0.5, 0.6) is 0 Å². The van der Waals surface area contributed by atoms with Crippen molar-refractivity contribution >= 4 is 27.9 Å². The molecule has 13 heteroatoms. The van der Waals surface area contributed by atoms with E-state index in [0.717, 1.165) is 17.1 Å². The van der Waals surface area contributed by atoms with Crippen molar-refractivity contribution in [1.82, 2.24) is 28.4 Å². The highest BCUT2D eigenvalue weighted by Gasteiger charge is 2.58. The third kappa shape index (κ3) is 4.87. The Bertz CT molecular complexity index is 1350. The van der Waals surface area contributed by atoms with Crippen LogP contribution in [0.1, 0.15) is 46.5 Å². The van der Waals surface area contributed by atoms with Crippen LogP contribution in [0.15, 0.2) is 18.6 Å². The van der Waals surface area contributed by atoms with E-state index in [0.29, 0.717) is 55.5 Å². The lowest BCUT2D eigenvalue weighted by Crippen LogP contribution is -2.55. The van der Waals surface area contributed by atoms with Crippen LogP contribution in [-0.4, -0.2) is 80.2 Å². The average molecular weight is 529 g/mol. The molecule has 1 saturated carbocycles. The first-order chi connectivity index (χ1) is 17.4. The van der Waals surface area contributed by atoms with Gasteiger partial charge >= 0.3 is 16.3 Å². The standard InChI is InChI=1S/C24H32N8O4S/c1-23(2,3)36-22(33)31-16-24(32(37(31,34)35)14-17-6-7-17)8-10-30(11-9-24)19-13-26-21(25-4)20(28-19)18-12-27-29(5)15-18/h12-13,15,17H,6-11,14,16H2,1-3,5H3. The van der Waals surface area contributed by atoms with Crippen molar-refractivity contribution in [2.24, 2.45) is 13.0 Å². The van der Waals surface area contributed by atoms with Crippen molar-refractivity contribution in [2.45, 2.75) is 57.6 Å².